The molecule has 100 valence electrons. The average molecular weight is 330 g/mol. The van der Waals surface area contributed by atoms with Gasteiger partial charge in [0, 0.05) is 10.0 Å². The largest absolute Gasteiger partial charge is 0.457 e. The SMILES string of the molecule is CC(=O)c1ccc(Oc2cc(C#N)ccc2C)cc1Br. The van der Waals surface area contributed by atoms with Crippen molar-refractivity contribution >= 4 is 21.7 Å². The lowest BCUT2D eigenvalue weighted by Crippen LogP contribution is -1.95. The molecule has 20 heavy (non-hydrogen) atoms. The molecule has 4 heteroatoms. The van der Waals surface area contributed by atoms with Crippen molar-refractivity contribution < 1.29 is 9.53 Å². The minimum absolute atomic E-state index is 0.00826. The molecule has 0 heterocycles. The molecule has 0 saturated heterocycles. The lowest BCUT2D eigenvalue weighted by molar-refractivity contribution is 0.101. The van der Waals surface area contributed by atoms with E-state index in [1.165, 1.54) is 6.92 Å². The molecule has 2 aromatic rings. The topological polar surface area (TPSA) is 50.1 Å². The molecular weight excluding hydrogens is 318 g/mol. The number of halogens is 1. The van der Waals surface area contributed by atoms with Crippen molar-refractivity contribution in [3.05, 3.63) is 57.6 Å². The third kappa shape index (κ3) is 3.06. The van der Waals surface area contributed by atoms with Gasteiger partial charge in [0.05, 0.1) is 11.6 Å². The molecule has 0 N–H and O–H groups in total. The van der Waals surface area contributed by atoms with Crippen LogP contribution in [0.1, 0.15) is 28.4 Å². The Labute approximate surface area is 125 Å². The highest BCUT2D eigenvalue weighted by molar-refractivity contribution is 9.10. The van der Waals surface area contributed by atoms with E-state index in [4.69, 9.17) is 10.00 Å². The van der Waals surface area contributed by atoms with Crippen LogP contribution in [0.3, 0.4) is 0 Å². The quantitative estimate of drug-likeness (QED) is 0.771. The number of aryl methyl sites for hydroxylation is 1. The number of Topliss-reactive ketones (excluding diaryl/α,β-unsaturated/α-hetero) is 1. The second-order valence-corrected chi connectivity index (χ2v) is 5.25. The highest BCUT2D eigenvalue weighted by Gasteiger charge is 2.08. The lowest BCUT2D eigenvalue weighted by Gasteiger charge is -2.10. The molecular formula is C16H12BrNO2. The molecule has 2 rings (SSSR count). The molecule has 0 spiro atoms. The summed E-state index contributed by atoms with van der Waals surface area (Å²) in [5, 5.41) is 8.91. The second-order valence-electron chi connectivity index (χ2n) is 4.39. The number of hydrogen-bond acceptors (Lipinski definition) is 3. The lowest BCUT2D eigenvalue weighted by atomic mass is 10.1. The van der Waals surface area contributed by atoms with E-state index in [9.17, 15) is 4.79 Å². The minimum atomic E-state index is -0.00826. The molecule has 0 aliphatic heterocycles. The van der Waals surface area contributed by atoms with Gasteiger partial charge in [-0.15, -0.1) is 0 Å². The van der Waals surface area contributed by atoms with Gasteiger partial charge in [-0.2, -0.15) is 5.26 Å². The minimum Gasteiger partial charge on any atom is -0.457 e. The van der Waals surface area contributed by atoms with Crippen LogP contribution >= 0.6 is 15.9 Å². The summed E-state index contributed by atoms with van der Waals surface area (Å²) >= 11 is 3.35. The van der Waals surface area contributed by atoms with Crippen LogP contribution in [0.5, 0.6) is 11.5 Å². The number of carbonyl (C=O) groups is 1. The van der Waals surface area contributed by atoms with Crippen molar-refractivity contribution in [1.29, 1.82) is 5.26 Å². The van der Waals surface area contributed by atoms with Crippen molar-refractivity contribution in [1.82, 2.24) is 0 Å². The van der Waals surface area contributed by atoms with Crippen LogP contribution in [0.4, 0.5) is 0 Å². The summed E-state index contributed by atoms with van der Waals surface area (Å²) in [5.41, 5.74) is 2.10. The first-order valence-electron chi connectivity index (χ1n) is 6.00. The third-order valence-corrected chi connectivity index (χ3v) is 3.52. The summed E-state index contributed by atoms with van der Waals surface area (Å²) in [6.45, 7) is 3.43. The van der Waals surface area contributed by atoms with Crippen molar-refractivity contribution in [2.45, 2.75) is 13.8 Å². The zero-order chi connectivity index (χ0) is 14.7. The molecule has 0 aliphatic carbocycles. The van der Waals surface area contributed by atoms with E-state index >= 15 is 0 Å². The molecule has 2 aromatic carbocycles. The first kappa shape index (κ1) is 14.3. The zero-order valence-corrected chi connectivity index (χ0v) is 12.7. The summed E-state index contributed by atoms with van der Waals surface area (Å²) in [6.07, 6.45) is 0. The summed E-state index contributed by atoms with van der Waals surface area (Å²) in [7, 11) is 0. The van der Waals surface area contributed by atoms with Gasteiger partial charge in [0.2, 0.25) is 0 Å². The molecule has 0 aliphatic rings. The van der Waals surface area contributed by atoms with Crippen LogP contribution in [-0.2, 0) is 0 Å². The van der Waals surface area contributed by atoms with E-state index < -0.39 is 0 Å². The van der Waals surface area contributed by atoms with Crippen molar-refractivity contribution in [2.24, 2.45) is 0 Å². The second kappa shape index (κ2) is 5.89. The normalized spacial score (nSPS) is 9.90. The van der Waals surface area contributed by atoms with Gasteiger partial charge in [-0.3, -0.25) is 4.79 Å². The van der Waals surface area contributed by atoms with Crippen LogP contribution in [0.25, 0.3) is 0 Å². The number of rotatable bonds is 3. The Balaban J connectivity index is 2.33. The van der Waals surface area contributed by atoms with Gasteiger partial charge < -0.3 is 4.74 Å². The molecule has 3 nitrogen and oxygen atoms in total. The number of ether oxygens (including phenoxy) is 1. The fraction of sp³-hybridized carbons (Fsp3) is 0.125. The smallest absolute Gasteiger partial charge is 0.160 e. The molecule has 0 radical (unpaired) electrons. The van der Waals surface area contributed by atoms with Gasteiger partial charge in [-0.25, -0.2) is 0 Å². The predicted molar refractivity (Wildman–Crippen MR) is 80.1 cm³/mol. The average Bonchev–Trinajstić information content (AvgIpc) is 2.41. The van der Waals surface area contributed by atoms with E-state index in [2.05, 4.69) is 22.0 Å². The maximum Gasteiger partial charge on any atom is 0.160 e. The standard InChI is InChI=1S/C16H12BrNO2/c1-10-3-4-12(9-18)7-16(10)20-13-5-6-14(11(2)19)15(17)8-13/h3-8H,1-2H3. The van der Waals surface area contributed by atoms with Crippen molar-refractivity contribution in [3.63, 3.8) is 0 Å². The number of benzene rings is 2. The number of hydrogen-bond donors (Lipinski definition) is 0. The molecule has 0 amide bonds. The van der Waals surface area contributed by atoms with Gasteiger partial charge in [0.25, 0.3) is 0 Å². The summed E-state index contributed by atoms with van der Waals surface area (Å²) < 4.78 is 6.47. The van der Waals surface area contributed by atoms with E-state index in [1.54, 1.807) is 30.3 Å². The highest BCUT2D eigenvalue weighted by Crippen LogP contribution is 2.29. The molecule has 0 fully saturated rings. The third-order valence-electron chi connectivity index (χ3n) is 2.86. The number of nitriles is 1. The number of carbonyl (C=O) groups excluding carboxylic acids is 1. The fourth-order valence-electron chi connectivity index (χ4n) is 1.75. The predicted octanol–water partition coefficient (Wildman–Crippen LogP) is 4.62. The first-order chi connectivity index (χ1) is 9.51. The van der Waals surface area contributed by atoms with Crippen LogP contribution in [0.2, 0.25) is 0 Å². The zero-order valence-electron chi connectivity index (χ0n) is 11.1. The monoisotopic (exact) mass is 329 g/mol. The van der Waals surface area contributed by atoms with Crippen LogP contribution in [-0.4, -0.2) is 5.78 Å². The van der Waals surface area contributed by atoms with Crippen molar-refractivity contribution in [3.8, 4) is 17.6 Å². The van der Waals surface area contributed by atoms with E-state index in [0.717, 1.165) is 5.56 Å². The van der Waals surface area contributed by atoms with E-state index in [-0.39, 0.29) is 5.78 Å². The van der Waals surface area contributed by atoms with Crippen molar-refractivity contribution in [2.75, 3.05) is 0 Å². The molecule has 0 bridgehead atoms. The number of ketones is 1. The Hall–Kier alpha value is -2.12. The summed E-state index contributed by atoms with van der Waals surface area (Å²) in [5.74, 6) is 1.23. The summed E-state index contributed by atoms with van der Waals surface area (Å²) in [6, 6.07) is 12.6. The van der Waals surface area contributed by atoms with Crippen LogP contribution in [0.15, 0.2) is 40.9 Å². The fourth-order valence-corrected chi connectivity index (χ4v) is 2.39. The molecule has 0 unspecified atom stereocenters. The highest BCUT2D eigenvalue weighted by atomic mass is 79.9. The maximum atomic E-state index is 11.4. The van der Waals surface area contributed by atoms with Gasteiger partial charge in [-0.05, 0) is 65.7 Å². The number of nitrogens with zero attached hydrogens (tertiary/aromatic N) is 1. The van der Waals surface area contributed by atoms with Crippen LogP contribution in [0, 0.1) is 18.3 Å². The summed E-state index contributed by atoms with van der Waals surface area (Å²) in [4.78, 5) is 11.4. The van der Waals surface area contributed by atoms with Gasteiger partial charge >= 0.3 is 0 Å². The van der Waals surface area contributed by atoms with Gasteiger partial charge in [0.1, 0.15) is 11.5 Å². The van der Waals surface area contributed by atoms with E-state index in [0.29, 0.717) is 27.1 Å². The molecule has 0 atom stereocenters. The maximum absolute atomic E-state index is 11.4. The first-order valence-corrected chi connectivity index (χ1v) is 6.79. The molecule has 0 saturated carbocycles. The Bertz CT molecular complexity index is 717. The molecule has 0 aromatic heterocycles. The Morgan fingerprint density at radius 1 is 1.25 bits per heavy atom. The van der Waals surface area contributed by atoms with Gasteiger partial charge in [-0.1, -0.05) is 6.07 Å². The Morgan fingerprint density at radius 2 is 2.00 bits per heavy atom. The van der Waals surface area contributed by atoms with Crippen LogP contribution < -0.4 is 4.74 Å². The Morgan fingerprint density at radius 3 is 2.60 bits per heavy atom. The van der Waals surface area contributed by atoms with Gasteiger partial charge in [0.15, 0.2) is 5.78 Å². The Kier molecular flexibility index (Phi) is 4.21. The van der Waals surface area contributed by atoms with E-state index in [1.807, 2.05) is 13.0 Å².